The smallest absolute Gasteiger partial charge is 0.309 e. The molecule has 118 valence electrons. The van der Waals surface area contributed by atoms with Crippen LogP contribution in [-0.4, -0.2) is 26.2 Å². The Morgan fingerprint density at radius 2 is 2.08 bits per heavy atom. The van der Waals surface area contributed by atoms with Crippen LogP contribution in [0.4, 0.5) is 0 Å². The molecule has 2 aromatic carbocycles. The lowest BCUT2D eigenvalue weighted by atomic mass is 9.87. The molecule has 0 radical (unpaired) electrons. The van der Waals surface area contributed by atoms with Gasteiger partial charge in [0.25, 0.3) is 0 Å². The molecule has 0 aromatic heterocycles. The summed E-state index contributed by atoms with van der Waals surface area (Å²) in [4.78, 5) is 21.4. The molecule has 0 unspecified atom stereocenters. The summed E-state index contributed by atoms with van der Waals surface area (Å²) in [6.45, 7) is 0.139. The van der Waals surface area contributed by atoms with E-state index in [1.807, 2.05) is 24.3 Å². The van der Waals surface area contributed by atoms with Crippen molar-refractivity contribution in [3.05, 3.63) is 47.5 Å². The molecule has 1 aliphatic rings. The number of hydrogen-bond acceptors (Lipinski definition) is 6. The lowest BCUT2D eigenvalue weighted by Gasteiger charge is -2.10. The number of hydrogen-bond donors (Lipinski definition) is 0. The summed E-state index contributed by atoms with van der Waals surface area (Å²) in [7, 11) is 0.606. The van der Waals surface area contributed by atoms with E-state index in [0.29, 0.717) is 25.6 Å². The van der Waals surface area contributed by atoms with Gasteiger partial charge in [0.05, 0.1) is 12.2 Å². The standard InChI is InChI=1S/C17H12BNO5/c19-7-11-1-2-15(6-17(11)22-10-13(21)8-20)24-14-3-4-16-12(5-14)9-23-18-16/h1-6,8,18H,9-10H2. The van der Waals surface area contributed by atoms with Crippen molar-refractivity contribution in [3.8, 4) is 23.3 Å². The van der Waals surface area contributed by atoms with Gasteiger partial charge in [0.15, 0.2) is 12.9 Å². The molecule has 0 fully saturated rings. The van der Waals surface area contributed by atoms with Crippen LogP contribution in [0.25, 0.3) is 0 Å². The molecular formula is C17H12BNO5. The molecule has 2 aromatic rings. The Morgan fingerprint density at radius 1 is 1.29 bits per heavy atom. The highest BCUT2D eigenvalue weighted by atomic mass is 16.5. The van der Waals surface area contributed by atoms with Crippen molar-refractivity contribution in [2.45, 2.75) is 6.61 Å². The fraction of sp³-hybridized carbons (Fsp3) is 0.118. The average molecular weight is 321 g/mol. The number of carbonyl (C=O) groups is 2. The van der Waals surface area contributed by atoms with Crippen molar-refractivity contribution >= 4 is 25.0 Å². The number of nitrogens with zero attached hydrogens (tertiary/aromatic N) is 1. The molecule has 6 nitrogen and oxygen atoms in total. The quantitative estimate of drug-likeness (QED) is 0.448. The minimum atomic E-state index is -0.705. The number of Topliss-reactive ketones (excluding diaryl/α,β-unsaturated/α-hetero) is 1. The molecule has 0 saturated heterocycles. The van der Waals surface area contributed by atoms with E-state index >= 15 is 0 Å². The number of ketones is 1. The molecule has 0 atom stereocenters. The number of rotatable bonds is 6. The van der Waals surface area contributed by atoms with Gasteiger partial charge in [-0.3, -0.25) is 9.59 Å². The predicted molar refractivity (Wildman–Crippen MR) is 85.8 cm³/mol. The first kappa shape index (κ1) is 15.8. The Labute approximate surface area is 138 Å². The van der Waals surface area contributed by atoms with E-state index in [9.17, 15) is 9.59 Å². The van der Waals surface area contributed by atoms with Gasteiger partial charge >= 0.3 is 7.48 Å². The van der Waals surface area contributed by atoms with Crippen molar-refractivity contribution in [2.24, 2.45) is 0 Å². The lowest BCUT2D eigenvalue weighted by Crippen LogP contribution is -2.12. The topological polar surface area (TPSA) is 85.6 Å². The molecule has 0 N–H and O–H groups in total. The maximum atomic E-state index is 11.1. The molecule has 0 spiro atoms. The summed E-state index contributed by atoms with van der Waals surface area (Å²) in [5.41, 5.74) is 2.47. The van der Waals surface area contributed by atoms with Crippen molar-refractivity contribution in [2.75, 3.05) is 6.61 Å². The van der Waals surface area contributed by atoms with E-state index in [1.54, 1.807) is 6.07 Å². The summed E-state index contributed by atoms with van der Waals surface area (Å²) in [5.74, 6) is 0.582. The number of ether oxygens (including phenoxy) is 2. The normalized spacial score (nSPS) is 11.8. The maximum Gasteiger partial charge on any atom is 0.309 e. The minimum Gasteiger partial charge on any atom is -0.484 e. The van der Waals surface area contributed by atoms with E-state index in [1.165, 1.54) is 12.1 Å². The van der Waals surface area contributed by atoms with E-state index in [-0.39, 0.29) is 17.6 Å². The highest BCUT2D eigenvalue weighted by Crippen LogP contribution is 2.29. The summed E-state index contributed by atoms with van der Waals surface area (Å²) in [6.07, 6.45) is 0.180. The third-order valence-electron chi connectivity index (χ3n) is 3.50. The number of fused-ring (bicyclic) bond motifs is 1. The van der Waals surface area contributed by atoms with Crippen LogP contribution >= 0.6 is 0 Å². The van der Waals surface area contributed by atoms with Gasteiger partial charge < -0.3 is 14.1 Å². The Balaban J connectivity index is 1.79. The Hall–Kier alpha value is -3.11. The molecule has 24 heavy (non-hydrogen) atoms. The molecule has 0 aliphatic carbocycles. The highest BCUT2D eigenvalue weighted by Gasteiger charge is 2.14. The van der Waals surface area contributed by atoms with Crippen LogP contribution in [-0.2, 0) is 20.9 Å². The average Bonchev–Trinajstić information content (AvgIpc) is 3.07. The third-order valence-corrected chi connectivity index (χ3v) is 3.50. The van der Waals surface area contributed by atoms with E-state index in [2.05, 4.69) is 0 Å². The Bertz CT molecular complexity index is 843. The first-order chi connectivity index (χ1) is 11.7. The Kier molecular flexibility index (Phi) is 4.59. The number of benzene rings is 2. The zero-order valence-corrected chi connectivity index (χ0v) is 12.7. The predicted octanol–water partition coefficient (Wildman–Crippen LogP) is 1.00. The Morgan fingerprint density at radius 3 is 2.88 bits per heavy atom. The maximum absolute atomic E-state index is 11.1. The molecule has 7 heteroatoms. The van der Waals surface area contributed by atoms with Gasteiger partial charge in [-0.2, -0.15) is 5.26 Å². The van der Waals surface area contributed by atoms with E-state index < -0.39 is 12.4 Å². The van der Waals surface area contributed by atoms with Crippen LogP contribution in [0.2, 0.25) is 0 Å². The molecule has 1 aliphatic heterocycles. The van der Waals surface area contributed by atoms with Crippen molar-refractivity contribution in [3.63, 3.8) is 0 Å². The van der Waals surface area contributed by atoms with Gasteiger partial charge in [-0.05, 0) is 35.3 Å². The van der Waals surface area contributed by atoms with Gasteiger partial charge in [0.1, 0.15) is 23.3 Å². The number of aldehydes is 1. The molecule has 0 bridgehead atoms. The fourth-order valence-corrected chi connectivity index (χ4v) is 2.31. The van der Waals surface area contributed by atoms with Crippen molar-refractivity contribution in [1.29, 1.82) is 5.26 Å². The van der Waals surface area contributed by atoms with Gasteiger partial charge in [-0.15, -0.1) is 0 Å². The van der Waals surface area contributed by atoms with Gasteiger partial charge in [0, 0.05) is 6.07 Å². The number of nitriles is 1. The van der Waals surface area contributed by atoms with Crippen molar-refractivity contribution < 1.29 is 23.7 Å². The zero-order valence-electron chi connectivity index (χ0n) is 12.7. The monoisotopic (exact) mass is 321 g/mol. The SMILES string of the molecule is N#Cc1ccc(Oc2ccc3c(c2)COB3)cc1OCC(=O)C=O. The lowest BCUT2D eigenvalue weighted by molar-refractivity contribution is -0.131. The van der Waals surface area contributed by atoms with Crippen molar-refractivity contribution in [1.82, 2.24) is 0 Å². The van der Waals surface area contributed by atoms with Gasteiger partial charge in [-0.1, -0.05) is 6.07 Å². The van der Waals surface area contributed by atoms with Crippen LogP contribution in [0.3, 0.4) is 0 Å². The minimum absolute atomic E-state index is 0.180. The highest BCUT2D eigenvalue weighted by molar-refractivity contribution is 6.48. The van der Waals surface area contributed by atoms with Crippen LogP contribution in [0.5, 0.6) is 17.2 Å². The second kappa shape index (κ2) is 6.98. The molecule has 3 rings (SSSR count). The van der Waals surface area contributed by atoms with E-state index in [0.717, 1.165) is 11.0 Å². The summed E-state index contributed by atoms with van der Waals surface area (Å²) in [6, 6.07) is 12.3. The zero-order chi connectivity index (χ0) is 16.9. The first-order valence-electron chi connectivity index (χ1n) is 7.22. The van der Waals surface area contributed by atoms with E-state index in [4.69, 9.17) is 19.4 Å². The van der Waals surface area contributed by atoms with Crippen LogP contribution < -0.4 is 14.9 Å². The number of carbonyl (C=O) groups excluding carboxylic acids is 2. The van der Waals surface area contributed by atoms with Gasteiger partial charge in [0.2, 0.25) is 5.78 Å². The van der Waals surface area contributed by atoms with Crippen LogP contribution in [0.1, 0.15) is 11.1 Å². The summed E-state index contributed by atoms with van der Waals surface area (Å²) >= 11 is 0. The van der Waals surface area contributed by atoms with Gasteiger partial charge in [-0.25, -0.2) is 0 Å². The first-order valence-corrected chi connectivity index (χ1v) is 7.22. The summed E-state index contributed by atoms with van der Waals surface area (Å²) < 4.78 is 16.4. The van der Waals surface area contributed by atoms with Crippen LogP contribution in [0.15, 0.2) is 36.4 Å². The largest absolute Gasteiger partial charge is 0.484 e. The second-order valence-electron chi connectivity index (χ2n) is 5.17. The van der Waals surface area contributed by atoms with Crippen LogP contribution in [0, 0.1) is 11.3 Å². The fourth-order valence-electron chi connectivity index (χ4n) is 2.31. The third kappa shape index (κ3) is 3.45. The molecular weight excluding hydrogens is 309 g/mol. The summed E-state index contributed by atoms with van der Waals surface area (Å²) in [5, 5.41) is 9.09. The molecule has 0 amide bonds. The second-order valence-corrected chi connectivity index (χ2v) is 5.17. The molecule has 0 saturated carbocycles. The molecule has 1 heterocycles.